The second-order valence-electron chi connectivity index (χ2n) is 7.45. The van der Waals surface area contributed by atoms with E-state index in [0.29, 0.717) is 23.6 Å². The molecule has 2 aliphatic carbocycles. The second-order valence-corrected chi connectivity index (χ2v) is 8.39. The smallest absolute Gasteiger partial charge is 0.230 e. The van der Waals surface area contributed by atoms with Gasteiger partial charge in [-0.25, -0.2) is 0 Å². The molecule has 2 aliphatic rings. The van der Waals surface area contributed by atoms with Crippen molar-refractivity contribution in [3.8, 4) is 0 Å². The van der Waals surface area contributed by atoms with Crippen LogP contribution in [0.15, 0.2) is 35.5 Å². The van der Waals surface area contributed by atoms with Crippen molar-refractivity contribution in [2.24, 2.45) is 7.05 Å². The van der Waals surface area contributed by atoms with Gasteiger partial charge in [-0.2, -0.15) is 0 Å². The number of nitrogens with one attached hydrogen (secondary N) is 1. The third-order valence-electron chi connectivity index (χ3n) is 5.52. The summed E-state index contributed by atoms with van der Waals surface area (Å²) in [5.74, 6) is 2.55. The zero-order valence-corrected chi connectivity index (χ0v) is 16.0. The van der Waals surface area contributed by atoms with E-state index in [0.717, 1.165) is 30.2 Å². The zero-order valence-electron chi connectivity index (χ0n) is 15.2. The van der Waals surface area contributed by atoms with Crippen LogP contribution < -0.4 is 5.32 Å². The molecule has 0 aliphatic heterocycles. The molecule has 2 unspecified atom stereocenters. The van der Waals surface area contributed by atoms with Gasteiger partial charge in [-0.05, 0) is 30.7 Å². The predicted octanol–water partition coefficient (Wildman–Crippen LogP) is 3.63. The van der Waals surface area contributed by atoms with E-state index in [1.54, 1.807) is 0 Å². The minimum atomic E-state index is 0.111. The van der Waals surface area contributed by atoms with Crippen LogP contribution in [-0.2, 0) is 11.8 Å². The van der Waals surface area contributed by atoms with Crippen molar-refractivity contribution in [1.82, 2.24) is 20.1 Å². The zero-order chi connectivity index (χ0) is 17.9. The van der Waals surface area contributed by atoms with Gasteiger partial charge in [0.15, 0.2) is 5.16 Å². The molecule has 26 heavy (non-hydrogen) atoms. The van der Waals surface area contributed by atoms with Crippen LogP contribution in [0.4, 0.5) is 0 Å². The van der Waals surface area contributed by atoms with Gasteiger partial charge in [-0.1, -0.05) is 61.4 Å². The molecule has 2 aromatic rings. The highest BCUT2D eigenvalue weighted by molar-refractivity contribution is 7.99. The highest BCUT2D eigenvalue weighted by Crippen LogP contribution is 2.54. The fraction of sp³-hybridized carbons (Fsp3) is 0.550. The van der Waals surface area contributed by atoms with Crippen LogP contribution in [0, 0.1) is 0 Å². The molecule has 1 heterocycles. The lowest BCUT2D eigenvalue weighted by Crippen LogP contribution is -2.37. The number of hydrogen-bond donors (Lipinski definition) is 1. The molecule has 4 rings (SSSR count). The van der Waals surface area contributed by atoms with Crippen LogP contribution in [0.1, 0.15) is 61.7 Å². The van der Waals surface area contributed by atoms with Crippen molar-refractivity contribution in [3.63, 3.8) is 0 Å². The molecule has 0 bridgehead atoms. The van der Waals surface area contributed by atoms with Crippen LogP contribution in [0.25, 0.3) is 0 Å². The van der Waals surface area contributed by atoms with E-state index in [9.17, 15) is 4.79 Å². The van der Waals surface area contributed by atoms with Crippen LogP contribution in [0.5, 0.6) is 0 Å². The largest absolute Gasteiger partial charge is 0.353 e. The SMILES string of the molecule is Cn1c(SCC(=O)NC2CCCCC2)nnc1C1CC1c1ccccc1. The van der Waals surface area contributed by atoms with Crippen LogP contribution in [0.3, 0.4) is 0 Å². The minimum absolute atomic E-state index is 0.111. The highest BCUT2D eigenvalue weighted by atomic mass is 32.2. The third kappa shape index (κ3) is 3.95. The van der Waals surface area contributed by atoms with E-state index in [-0.39, 0.29) is 5.91 Å². The van der Waals surface area contributed by atoms with Gasteiger partial charge in [0, 0.05) is 19.0 Å². The molecule has 1 aromatic carbocycles. The number of aromatic nitrogens is 3. The molecule has 1 N–H and O–H groups in total. The second kappa shape index (κ2) is 7.82. The molecular weight excluding hydrogens is 344 g/mol. The Labute approximate surface area is 159 Å². The monoisotopic (exact) mass is 370 g/mol. The number of amides is 1. The number of benzene rings is 1. The summed E-state index contributed by atoms with van der Waals surface area (Å²) in [6, 6.07) is 11.0. The average Bonchev–Trinajstić information content (AvgIpc) is 3.38. The van der Waals surface area contributed by atoms with E-state index in [1.165, 1.54) is 36.6 Å². The molecular formula is C20H26N4OS. The Morgan fingerprint density at radius 1 is 1.15 bits per heavy atom. The lowest BCUT2D eigenvalue weighted by molar-refractivity contribution is -0.119. The lowest BCUT2D eigenvalue weighted by atomic mass is 9.95. The summed E-state index contributed by atoms with van der Waals surface area (Å²) in [6.07, 6.45) is 7.13. The number of hydrogen-bond acceptors (Lipinski definition) is 4. The average molecular weight is 371 g/mol. The standard InChI is InChI=1S/C20H26N4OS/c1-24-19(17-12-16(17)14-8-4-2-5-9-14)22-23-20(24)26-13-18(25)21-15-10-6-3-7-11-15/h2,4-5,8-9,15-17H,3,6-7,10-13H2,1H3,(H,21,25). The topological polar surface area (TPSA) is 59.8 Å². The van der Waals surface area contributed by atoms with Crippen LogP contribution >= 0.6 is 11.8 Å². The van der Waals surface area contributed by atoms with Crippen molar-refractivity contribution in [1.29, 1.82) is 0 Å². The van der Waals surface area contributed by atoms with E-state index in [2.05, 4.69) is 50.4 Å². The first-order valence-electron chi connectivity index (χ1n) is 9.59. The Balaban J connectivity index is 1.31. The third-order valence-corrected chi connectivity index (χ3v) is 6.54. The Hall–Kier alpha value is -1.82. The van der Waals surface area contributed by atoms with Crippen molar-refractivity contribution in [2.75, 3.05) is 5.75 Å². The van der Waals surface area contributed by atoms with Crippen molar-refractivity contribution in [3.05, 3.63) is 41.7 Å². The summed E-state index contributed by atoms with van der Waals surface area (Å²) < 4.78 is 2.06. The first-order valence-corrected chi connectivity index (χ1v) is 10.6. The number of carbonyl (C=O) groups is 1. The van der Waals surface area contributed by atoms with E-state index in [4.69, 9.17) is 0 Å². The molecule has 0 spiro atoms. The van der Waals surface area contributed by atoms with Gasteiger partial charge < -0.3 is 9.88 Å². The molecule has 6 heteroatoms. The Morgan fingerprint density at radius 2 is 1.92 bits per heavy atom. The quantitative estimate of drug-likeness (QED) is 0.789. The molecule has 5 nitrogen and oxygen atoms in total. The molecule has 2 fully saturated rings. The molecule has 138 valence electrons. The molecule has 0 radical (unpaired) electrons. The molecule has 1 aromatic heterocycles. The van der Waals surface area contributed by atoms with Gasteiger partial charge in [0.2, 0.25) is 5.91 Å². The van der Waals surface area contributed by atoms with E-state index in [1.807, 2.05) is 7.05 Å². The first-order chi connectivity index (χ1) is 12.7. The summed E-state index contributed by atoms with van der Waals surface area (Å²) >= 11 is 1.48. The maximum Gasteiger partial charge on any atom is 0.230 e. The van der Waals surface area contributed by atoms with E-state index < -0.39 is 0 Å². The summed E-state index contributed by atoms with van der Waals surface area (Å²) in [6.45, 7) is 0. The summed E-state index contributed by atoms with van der Waals surface area (Å²) in [5, 5.41) is 12.7. The minimum Gasteiger partial charge on any atom is -0.353 e. The maximum absolute atomic E-state index is 12.2. The predicted molar refractivity (Wildman–Crippen MR) is 103 cm³/mol. The van der Waals surface area contributed by atoms with Gasteiger partial charge >= 0.3 is 0 Å². The van der Waals surface area contributed by atoms with Gasteiger partial charge in [0.1, 0.15) is 5.82 Å². The Morgan fingerprint density at radius 3 is 2.69 bits per heavy atom. The number of nitrogens with zero attached hydrogens (tertiary/aromatic N) is 3. The van der Waals surface area contributed by atoms with Gasteiger partial charge in [-0.3, -0.25) is 4.79 Å². The van der Waals surface area contributed by atoms with E-state index >= 15 is 0 Å². The van der Waals surface area contributed by atoms with Crippen molar-refractivity contribution < 1.29 is 4.79 Å². The van der Waals surface area contributed by atoms with Gasteiger partial charge in [0.25, 0.3) is 0 Å². The Kier molecular flexibility index (Phi) is 5.29. The fourth-order valence-corrected chi connectivity index (χ4v) is 4.70. The fourth-order valence-electron chi connectivity index (χ4n) is 3.97. The molecule has 2 atom stereocenters. The highest BCUT2D eigenvalue weighted by Gasteiger charge is 2.42. The first kappa shape index (κ1) is 17.6. The van der Waals surface area contributed by atoms with Crippen molar-refractivity contribution in [2.45, 2.75) is 61.6 Å². The molecule has 0 saturated heterocycles. The summed E-state index contributed by atoms with van der Waals surface area (Å²) in [4.78, 5) is 12.2. The van der Waals surface area contributed by atoms with Gasteiger partial charge in [0.05, 0.1) is 5.75 Å². The van der Waals surface area contributed by atoms with Gasteiger partial charge in [-0.15, -0.1) is 10.2 Å². The molecule has 1 amide bonds. The Bertz CT molecular complexity index is 754. The van der Waals surface area contributed by atoms with Crippen molar-refractivity contribution >= 4 is 17.7 Å². The molecule has 2 saturated carbocycles. The van der Waals surface area contributed by atoms with Crippen LogP contribution in [-0.4, -0.2) is 32.5 Å². The lowest BCUT2D eigenvalue weighted by Gasteiger charge is -2.22. The number of thioether (sulfide) groups is 1. The number of carbonyl (C=O) groups excluding carboxylic acids is 1. The van der Waals surface area contributed by atoms with Crippen LogP contribution in [0.2, 0.25) is 0 Å². The summed E-state index contributed by atoms with van der Waals surface area (Å²) in [7, 11) is 2.01. The number of rotatable bonds is 6. The normalized spacial score (nSPS) is 23.0. The maximum atomic E-state index is 12.2. The summed E-state index contributed by atoms with van der Waals surface area (Å²) in [5.41, 5.74) is 1.38.